The second-order valence-electron chi connectivity index (χ2n) is 6.58. The molecule has 3 aromatic heterocycles. The van der Waals surface area contributed by atoms with Crippen molar-refractivity contribution in [3.63, 3.8) is 0 Å². The van der Waals surface area contributed by atoms with Crippen molar-refractivity contribution >= 4 is 28.6 Å². The van der Waals surface area contributed by atoms with Gasteiger partial charge in [-0.15, -0.1) is 0 Å². The van der Waals surface area contributed by atoms with Gasteiger partial charge in [-0.3, -0.25) is 4.40 Å². The first-order valence-electron chi connectivity index (χ1n) is 8.83. The highest BCUT2D eigenvalue weighted by atomic mass is 32.1. The third-order valence-electron chi connectivity index (χ3n) is 4.68. The van der Waals surface area contributed by atoms with Gasteiger partial charge in [0.1, 0.15) is 11.5 Å². The Hall–Kier alpha value is -2.66. The van der Waals surface area contributed by atoms with E-state index in [0.717, 1.165) is 46.3 Å². The van der Waals surface area contributed by atoms with E-state index < -0.39 is 0 Å². The summed E-state index contributed by atoms with van der Waals surface area (Å²) in [5.74, 6) is 1.71. The van der Waals surface area contributed by atoms with E-state index in [1.807, 2.05) is 6.92 Å². The highest BCUT2D eigenvalue weighted by molar-refractivity contribution is 7.08. The van der Waals surface area contributed by atoms with E-state index in [-0.39, 0.29) is 0 Å². The van der Waals surface area contributed by atoms with Crippen LogP contribution in [0.3, 0.4) is 0 Å². The van der Waals surface area contributed by atoms with Crippen molar-refractivity contribution in [2.75, 3.05) is 5.32 Å². The maximum atomic E-state index is 4.85. The molecule has 0 aliphatic heterocycles. The zero-order valence-electron chi connectivity index (χ0n) is 15.5. The van der Waals surface area contributed by atoms with Crippen molar-refractivity contribution < 1.29 is 0 Å². The summed E-state index contributed by atoms with van der Waals surface area (Å²) >= 11 is 1.68. The average Bonchev–Trinajstić information content (AvgIpc) is 3.24. The van der Waals surface area contributed by atoms with Gasteiger partial charge in [-0.25, -0.2) is 9.97 Å². The second-order valence-corrected chi connectivity index (χ2v) is 7.36. The Kier molecular flexibility index (Phi) is 4.24. The summed E-state index contributed by atoms with van der Waals surface area (Å²) in [6, 6.07) is 10.6. The van der Waals surface area contributed by atoms with Gasteiger partial charge in [0.2, 0.25) is 5.78 Å². The van der Waals surface area contributed by atoms with E-state index in [1.54, 1.807) is 11.3 Å². The molecule has 0 unspecified atom stereocenters. The number of anilines is 2. The normalized spacial score (nSPS) is 11.2. The van der Waals surface area contributed by atoms with Gasteiger partial charge in [-0.2, -0.15) is 11.3 Å². The summed E-state index contributed by atoms with van der Waals surface area (Å²) in [6.07, 6.45) is 0.977. The lowest BCUT2D eigenvalue weighted by Crippen LogP contribution is -2.04. The molecule has 0 radical (unpaired) electrons. The fourth-order valence-corrected chi connectivity index (χ4v) is 4.05. The van der Waals surface area contributed by atoms with Crippen LogP contribution in [0.25, 0.3) is 17.0 Å². The van der Waals surface area contributed by atoms with E-state index in [2.05, 4.69) is 76.6 Å². The van der Waals surface area contributed by atoms with Crippen molar-refractivity contribution in [2.45, 2.75) is 34.1 Å². The quantitative estimate of drug-likeness (QED) is 0.507. The van der Waals surface area contributed by atoms with E-state index in [0.29, 0.717) is 0 Å². The molecule has 0 amide bonds. The number of nitrogens with zero attached hydrogens (tertiary/aromatic N) is 3. The average molecular weight is 363 g/mol. The molecule has 1 aromatic carbocycles. The summed E-state index contributed by atoms with van der Waals surface area (Å²) in [7, 11) is 0. The van der Waals surface area contributed by atoms with Crippen LogP contribution >= 0.6 is 11.3 Å². The maximum Gasteiger partial charge on any atom is 0.236 e. The number of imidazole rings is 1. The first kappa shape index (κ1) is 16.8. The number of rotatable bonds is 4. The van der Waals surface area contributed by atoms with Gasteiger partial charge in [0.25, 0.3) is 0 Å². The summed E-state index contributed by atoms with van der Waals surface area (Å²) in [5.41, 5.74) is 7.85. The van der Waals surface area contributed by atoms with E-state index in [1.165, 1.54) is 11.1 Å². The minimum absolute atomic E-state index is 0.734. The molecule has 0 saturated carbocycles. The van der Waals surface area contributed by atoms with Crippen LogP contribution in [-0.4, -0.2) is 14.4 Å². The number of thiophene rings is 1. The van der Waals surface area contributed by atoms with Crippen LogP contribution in [0.2, 0.25) is 0 Å². The minimum atomic E-state index is 0.734. The minimum Gasteiger partial charge on any atom is -0.339 e. The Balaban J connectivity index is 1.98. The lowest BCUT2D eigenvalue weighted by Gasteiger charge is -2.15. The molecule has 0 atom stereocenters. The summed E-state index contributed by atoms with van der Waals surface area (Å²) in [4.78, 5) is 9.50. The smallest absolute Gasteiger partial charge is 0.236 e. The number of aromatic nitrogens is 3. The van der Waals surface area contributed by atoms with Crippen molar-refractivity contribution in [3.05, 3.63) is 63.6 Å². The Morgan fingerprint density at radius 3 is 2.69 bits per heavy atom. The molecule has 0 bridgehead atoms. The van der Waals surface area contributed by atoms with E-state index >= 15 is 0 Å². The third kappa shape index (κ3) is 2.78. The van der Waals surface area contributed by atoms with Crippen LogP contribution < -0.4 is 5.32 Å². The van der Waals surface area contributed by atoms with Gasteiger partial charge in [-0.05, 0) is 55.8 Å². The number of hydrogen-bond donors (Lipinski definition) is 1. The van der Waals surface area contributed by atoms with Gasteiger partial charge in [0.15, 0.2) is 0 Å². The van der Waals surface area contributed by atoms with Crippen molar-refractivity contribution in [1.82, 2.24) is 14.4 Å². The first-order chi connectivity index (χ1) is 12.6. The third-order valence-corrected chi connectivity index (χ3v) is 5.37. The zero-order chi connectivity index (χ0) is 18.3. The highest BCUT2D eigenvalue weighted by Gasteiger charge is 2.19. The Morgan fingerprint density at radius 1 is 1.12 bits per heavy atom. The lowest BCUT2D eigenvalue weighted by molar-refractivity contribution is 1.01. The van der Waals surface area contributed by atoms with Crippen molar-refractivity contribution in [1.29, 1.82) is 0 Å². The van der Waals surface area contributed by atoms with Crippen LogP contribution in [-0.2, 0) is 6.42 Å². The van der Waals surface area contributed by atoms with Gasteiger partial charge in [-0.1, -0.05) is 25.1 Å². The zero-order valence-corrected chi connectivity index (χ0v) is 16.3. The Labute approximate surface area is 157 Å². The maximum absolute atomic E-state index is 4.85. The topological polar surface area (TPSA) is 42.2 Å². The monoisotopic (exact) mass is 362 g/mol. The molecule has 0 spiro atoms. The predicted molar refractivity (Wildman–Crippen MR) is 110 cm³/mol. The van der Waals surface area contributed by atoms with E-state index in [4.69, 9.17) is 4.98 Å². The van der Waals surface area contributed by atoms with Crippen LogP contribution in [0.1, 0.15) is 29.4 Å². The molecule has 1 N–H and O–H groups in total. The van der Waals surface area contributed by atoms with Gasteiger partial charge in [0, 0.05) is 28.0 Å². The number of hydrogen-bond acceptors (Lipinski definition) is 4. The number of fused-ring (bicyclic) bond motifs is 1. The summed E-state index contributed by atoms with van der Waals surface area (Å²) in [6.45, 7) is 8.44. The molecular weight excluding hydrogens is 340 g/mol. The largest absolute Gasteiger partial charge is 0.339 e. The predicted octanol–water partition coefficient (Wildman–Crippen LogP) is 5.69. The van der Waals surface area contributed by atoms with Gasteiger partial charge < -0.3 is 5.32 Å². The summed E-state index contributed by atoms with van der Waals surface area (Å²) < 4.78 is 2.12. The van der Waals surface area contributed by atoms with Gasteiger partial charge in [0.05, 0.1) is 0 Å². The molecule has 5 heteroatoms. The molecule has 26 heavy (non-hydrogen) atoms. The number of nitrogens with one attached hydrogen (secondary N) is 1. The standard InChI is InChI=1S/C21H22N4S/c1-5-16-8-6-7-13(2)18(16)23-20-19(17-9-10-26-12-17)24-21-22-14(3)11-15(4)25(20)21/h6-12,23H,5H2,1-4H3. The SMILES string of the molecule is CCc1cccc(C)c1Nc1c(-c2ccsc2)nc2nc(C)cc(C)n12. The Morgan fingerprint density at radius 2 is 1.96 bits per heavy atom. The van der Waals surface area contributed by atoms with Crippen LogP contribution in [0, 0.1) is 20.8 Å². The molecule has 0 fully saturated rings. The van der Waals surface area contributed by atoms with Crippen LogP contribution in [0.5, 0.6) is 0 Å². The number of benzene rings is 1. The van der Waals surface area contributed by atoms with Crippen LogP contribution in [0.15, 0.2) is 41.1 Å². The second kappa shape index (κ2) is 6.57. The lowest BCUT2D eigenvalue weighted by atomic mass is 10.1. The molecule has 4 aromatic rings. The van der Waals surface area contributed by atoms with Gasteiger partial charge >= 0.3 is 0 Å². The Bertz CT molecular complexity index is 1080. The molecule has 132 valence electrons. The molecule has 3 heterocycles. The van der Waals surface area contributed by atoms with E-state index in [9.17, 15) is 0 Å². The fraction of sp³-hybridized carbons (Fsp3) is 0.238. The molecule has 4 nitrogen and oxygen atoms in total. The number of para-hydroxylation sites is 1. The van der Waals surface area contributed by atoms with Crippen molar-refractivity contribution in [2.24, 2.45) is 0 Å². The fourth-order valence-electron chi connectivity index (χ4n) is 3.41. The van der Waals surface area contributed by atoms with Crippen molar-refractivity contribution in [3.8, 4) is 11.3 Å². The molecule has 0 aliphatic rings. The molecule has 0 aliphatic carbocycles. The van der Waals surface area contributed by atoms with Crippen LogP contribution in [0.4, 0.5) is 11.5 Å². The molecule has 0 saturated heterocycles. The molecule has 4 rings (SSSR count). The number of aryl methyl sites for hydroxylation is 4. The first-order valence-corrected chi connectivity index (χ1v) is 9.77. The summed E-state index contributed by atoms with van der Waals surface area (Å²) in [5, 5.41) is 7.91. The molecular formula is C21H22N4S. The highest BCUT2D eigenvalue weighted by Crippen LogP contribution is 2.34.